The Hall–Kier alpha value is -2.93. The van der Waals surface area contributed by atoms with Gasteiger partial charge in [-0.1, -0.05) is 22.9 Å². The Kier molecular flexibility index (Phi) is 4.41. The van der Waals surface area contributed by atoms with E-state index in [0.29, 0.717) is 11.5 Å². The van der Waals surface area contributed by atoms with Gasteiger partial charge >= 0.3 is 0 Å². The van der Waals surface area contributed by atoms with Crippen LogP contribution in [0.3, 0.4) is 0 Å². The summed E-state index contributed by atoms with van der Waals surface area (Å²) < 4.78 is 6.95. The molecule has 1 unspecified atom stereocenters. The maximum Gasteiger partial charge on any atom is 0.273 e. The van der Waals surface area contributed by atoms with Crippen molar-refractivity contribution in [3.63, 3.8) is 0 Å². The molecule has 0 radical (unpaired) electrons. The Balaban J connectivity index is 1.67. The number of amides is 1. The molecule has 0 aliphatic rings. The molecule has 1 aromatic carbocycles. The number of furan rings is 1. The first kappa shape index (κ1) is 16.9. The highest BCUT2D eigenvalue weighted by Gasteiger charge is 2.28. The second-order valence-electron chi connectivity index (χ2n) is 6.25. The van der Waals surface area contributed by atoms with Gasteiger partial charge in [-0.25, -0.2) is 4.68 Å². The van der Waals surface area contributed by atoms with E-state index in [-0.39, 0.29) is 12.2 Å². The summed E-state index contributed by atoms with van der Waals surface area (Å²) in [7, 11) is 0. The molecule has 3 aromatic rings. The van der Waals surface area contributed by atoms with E-state index in [1.165, 1.54) is 4.68 Å². The van der Waals surface area contributed by atoms with Crippen LogP contribution in [0, 0.1) is 13.8 Å². The van der Waals surface area contributed by atoms with E-state index in [1.807, 2.05) is 31.2 Å². The molecule has 0 saturated heterocycles. The summed E-state index contributed by atoms with van der Waals surface area (Å²) in [6, 6.07) is 11.2. The Labute approximate surface area is 145 Å². The van der Waals surface area contributed by atoms with Crippen molar-refractivity contribution < 1.29 is 14.3 Å². The van der Waals surface area contributed by atoms with Crippen LogP contribution in [0.4, 0.5) is 0 Å². The number of benzene rings is 1. The summed E-state index contributed by atoms with van der Waals surface area (Å²) >= 11 is 0. The zero-order valence-electron chi connectivity index (χ0n) is 14.4. The van der Waals surface area contributed by atoms with Crippen molar-refractivity contribution in [2.75, 3.05) is 6.54 Å². The molecular weight excluding hydrogens is 320 g/mol. The number of carbonyl (C=O) groups is 1. The van der Waals surface area contributed by atoms with Gasteiger partial charge in [-0.3, -0.25) is 4.79 Å². The van der Waals surface area contributed by atoms with Gasteiger partial charge < -0.3 is 14.8 Å². The molecule has 0 aliphatic carbocycles. The maximum atomic E-state index is 12.3. The number of hydrogen-bond acceptors (Lipinski definition) is 5. The lowest BCUT2D eigenvalue weighted by atomic mass is 10.0. The maximum absolute atomic E-state index is 12.3. The van der Waals surface area contributed by atoms with Crippen LogP contribution < -0.4 is 5.32 Å². The number of nitrogens with zero attached hydrogens (tertiary/aromatic N) is 3. The summed E-state index contributed by atoms with van der Waals surface area (Å²) in [5.41, 5.74) is 0.816. The molecule has 0 saturated carbocycles. The largest absolute Gasteiger partial charge is 0.463 e. The molecule has 7 heteroatoms. The molecule has 0 spiro atoms. The van der Waals surface area contributed by atoms with Crippen molar-refractivity contribution in [3.8, 4) is 5.69 Å². The smallest absolute Gasteiger partial charge is 0.273 e. The van der Waals surface area contributed by atoms with Gasteiger partial charge in [-0.15, -0.1) is 5.10 Å². The number of hydrogen-bond donors (Lipinski definition) is 2. The predicted molar refractivity (Wildman–Crippen MR) is 91.4 cm³/mol. The van der Waals surface area contributed by atoms with Crippen LogP contribution in [0.2, 0.25) is 0 Å². The fraction of sp³-hybridized carbons (Fsp3) is 0.278. The van der Waals surface area contributed by atoms with Crippen molar-refractivity contribution in [3.05, 3.63) is 65.4 Å². The number of nitrogens with one attached hydrogen (secondary N) is 1. The molecule has 3 rings (SSSR count). The number of carbonyl (C=O) groups excluding carboxylic acids is 1. The molecular formula is C18H20N4O3. The molecule has 130 valence electrons. The third-order valence-electron chi connectivity index (χ3n) is 3.89. The van der Waals surface area contributed by atoms with E-state index in [9.17, 15) is 9.90 Å². The number of aryl methyl sites for hydroxylation is 2. The highest BCUT2D eigenvalue weighted by molar-refractivity contribution is 5.91. The van der Waals surface area contributed by atoms with Crippen LogP contribution in [0.1, 0.15) is 34.5 Å². The molecule has 7 nitrogen and oxygen atoms in total. The molecule has 1 amide bonds. The lowest BCUT2D eigenvalue weighted by molar-refractivity contribution is 0.0322. The average molecular weight is 340 g/mol. The van der Waals surface area contributed by atoms with Crippen molar-refractivity contribution in [1.29, 1.82) is 0 Å². The molecule has 0 aliphatic heterocycles. The normalized spacial score (nSPS) is 13.4. The monoisotopic (exact) mass is 340 g/mol. The van der Waals surface area contributed by atoms with Crippen molar-refractivity contribution in [1.82, 2.24) is 20.3 Å². The van der Waals surface area contributed by atoms with Crippen molar-refractivity contribution in [2.24, 2.45) is 0 Å². The fourth-order valence-electron chi connectivity index (χ4n) is 2.35. The molecule has 2 aromatic heterocycles. The van der Waals surface area contributed by atoms with Crippen LogP contribution in [0.25, 0.3) is 5.69 Å². The molecule has 1 atom stereocenters. The van der Waals surface area contributed by atoms with E-state index in [2.05, 4.69) is 15.6 Å². The molecule has 2 heterocycles. The van der Waals surface area contributed by atoms with E-state index in [0.717, 1.165) is 11.3 Å². The van der Waals surface area contributed by atoms with Gasteiger partial charge in [-0.2, -0.15) is 0 Å². The van der Waals surface area contributed by atoms with Gasteiger partial charge in [0.2, 0.25) is 0 Å². The molecule has 0 bridgehead atoms. The van der Waals surface area contributed by atoms with E-state index >= 15 is 0 Å². The topological polar surface area (TPSA) is 93.2 Å². The first-order valence-corrected chi connectivity index (χ1v) is 7.92. The number of aliphatic hydroxyl groups is 1. The Bertz CT molecular complexity index is 878. The summed E-state index contributed by atoms with van der Waals surface area (Å²) in [6.45, 7) is 5.36. The quantitative estimate of drug-likeness (QED) is 0.742. The third-order valence-corrected chi connectivity index (χ3v) is 3.89. The summed E-state index contributed by atoms with van der Waals surface area (Å²) in [6.07, 6.45) is 1.55. The van der Waals surface area contributed by atoms with Gasteiger partial charge in [0.1, 0.15) is 17.1 Å². The summed E-state index contributed by atoms with van der Waals surface area (Å²) in [5, 5.41) is 21.0. The number of aromatic nitrogens is 3. The van der Waals surface area contributed by atoms with E-state index in [1.54, 1.807) is 32.2 Å². The number of rotatable bonds is 5. The second kappa shape index (κ2) is 6.52. The van der Waals surface area contributed by atoms with Crippen LogP contribution in [-0.4, -0.2) is 32.6 Å². The molecule has 0 fully saturated rings. The Morgan fingerprint density at radius 2 is 1.96 bits per heavy atom. The summed E-state index contributed by atoms with van der Waals surface area (Å²) in [5.74, 6) is 0.679. The Morgan fingerprint density at radius 3 is 2.60 bits per heavy atom. The zero-order chi connectivity index (χ0) is 18.0. The minimum absolute atomic E-state index is 0.00379. The highest BCUT2D eigenvalue weighted by Crippen LogP contribution is 2.22. The zero-order valence-corrected chi connectivity index (χ0v) is 14.4. The predicted octanol–water partition coefficient (Wildman–Crippen LogP) is 2.11. The van der Waals surface area contributed by atoms with Gasteiger partial charge in [0.15, 0.2) is 5.69 Å². The lowest BCUT2D eigenvalue weighted by Crippen LogP contribution is -2.38. The van der Waals surface area contributed by atoms with Crippen molar-refractivity contribution >= 4 is 5.91 Å². The molecule has 25 heavy (non-hydrogen) atoms. The second-order valence-corrected chi connectivity index (χ2v) is 6.25. The minimum atomic E-state index is -1.31. The Morgan fingerprint density at radius 1 is 1.24 bits per heavy atom. The first-order chi connectivity index (χ1) is 11.8. The fourth-order valence-corrected chi connectivity index (χ4v) is 2.35. The van der Waals surface area contributed by atoms with Crippen LogP contribution in [0.15, 0.2) is 47.0 Å². The first-order valence-electron chi connectivity index (χ1n) is 7.92. The van der Waals surface area contributed by atoms with Gasteiger partial charge in [0, 0.05) is 0 Å². The lowest BCUT2D eigenvalue weighted by Gasteiger charge is -2.20. The van der Waals surface area contributed by atoms with Crippen LogP contribution in [-0.2, 0) is 5.60 Å². The standard InChI is InChI=1S/C18H20N4O3/c1-12-4-7-14(8-5-12)22-10-15(20-21-22)17(23)19-11-18(3,24)16-9-6-13(2)25-16/h4-10,24H,11H2,1-3H3,(H,19,23). The van der Waals surface area contributed by atoms with E-state index < -0.39 is 11.5 Å². The highest BCUT2D eigenvalue weighted by atomic mass is 16.4. The van der Waals surface area contributed by atoms with Gasteiger partial charge in [0.05, 0.1) is 18.4 Å². The SMILES string of the molecule is Cc1ccc(-n2cc(C(=O)NCC(C)(O)c3ccc(C)o3)nn2)cc1. The van der Waals surface area contributed by atoms with Gasteiger partial charge in [-0.05, 0) is 45.0 Å². The van der Waals surface area contributed by atoms with Gasteiger partial charge in [0.25, 0.3) is 5.91 Å². The van der Waals surface area contributed by atoms with E-state index in [4.69, 9.17) is 4.42 Å². The van der Waals surface area contributed by atoms with Crippen molar-refractivity contribution in [2.45, 2.75) is 26.4 Å². The van der Waals surface area contributed by atoms with Crippen LogP contribution in [0.5, 0.6) is 0 Å². The minimum Gasteiger partial charge on any atom is -0.463 e. The summed E-state index contributed by atoms with van der Waals surface area (Å²) in [4.78, 5) is 12.3. The molecule has 2 N–H and O–H groups in total. The average Bonchev–Trinajstić information content (AvgIpc) is 3.23. The van der Waals surface area contributed by atoms with Crippen LogP contribution >= 0.6 is 0 Å². The third kappa shape index (κ3) is 3.77.